The van der Waals surface area contributed by atoms with Gasteiger partial charge in [0.2, 0.25) is 0 Å². The van der Waals surface area contributed by atoms with Crippen LogP contribution in [-0.2, 0) is 17.1 Å². The maximum absolute atomic E-state index is 10.7. The average molecular weight is 456 g/mol. The summed E-state index contributed by atoms with van der Waals surface area (Å²) in [7, 11) is 0. The molecule has 28 heavy (non-hydrogen) atoms. The topological polar surface area (TPSA) is 68.9 Å². The van der Waals surface area contributed by atoms with Crippen molar-refractivity contribution in [2.24, 2.45) is 0 Å². The summed E-state index contributed by atoms with van der Waals surface area (Å²) in [5, 5.41) is 2.03. The van der Waals surface area contributed by atoms with Gasteiger partial charge < -0.3 is 30.5 Å². The molecule has 0 aliphatic rings. The number of pyridine rings is 2. The van der Waals surface area contributed by atoms with Crippen molar-refractivity contribution in [1.29, 1.82) is 0 Å². The molecule has 2 N–H and O–H groups in total. The monoisotopic (exact) mass is 455 g/mol. The number of rotatable bonds is 1. The Morgan fingerprint density at radius 2 is 1.39 bits per heavy atom. The summed E-state index contributed by atoms with van der Waals surface area (Å²) in [5.74, 6) is 0. The van der Waals surface area contributed by atoms with Crippen LogP contribution in [0.25, 0.3) is 21.8 Å². The Kier molecular flexibility index (Phi) is 10.7. The number of nitrogens with two attached hydrogens (primary N) is 1. The van der Waals surface area contributed by atoms with Crippen LogP contribution in [0.3, 0.4) is 0 Å². The zero-order valence-electron chi connectivity index (χ0n) is 15.3. The Balaban J connectivity index is 0.000000533. The summed E-state index contributed by atoms with van der Waals surface area (Å²) in [6, 6.07) is 17.5. The number of fused-ring (bicyclic) bond motifs is 3. The second-order valence-corrected chi connectivity index (χ2v) is 5.87. The van der Waals surface area contributed by atoms with E-state index in [0.29, 0.717) is 5.69 Å². The van der Waals surface area contributed by atoms with Gasteiger partial charge in [0.05, 0.1) is 11.0 Å². The molecule has 7 heteroatoms. The number of halogens is 2. The zero-order chi connectivity index (χ0) is 17.8. The number of nitrogen functional groups attached to an aromatic ring is 1. The van der Waals surface area contributed by atoms with E-state index in [1.807, 2.05) is 62.4 Å². The van der Waals surface area contributed by atoms with Crippen LogP contribution < -0.4 is 30.5 Å². The molecule has 0 bridgehead atoms. The predicted molar refractivity (Wildman–Crippen MR) is 103 cm³/mol. The molecular formula is C21H19Cl2FeN3O. The van der Waals surface area contributed by atoms with Crippen molar-refractivity contribution in [3.05, 3.63) is 77.6 Å². The van der Waals surface area contributed by atoms with Crippen molar-refractivity contribution in [1.82, 2.24) is 9.97 Å². The van der Waals surface area contributed by atoms with Crippen LogP contribution in [-0.4, -0.2) is 16.3 Å². The van der Waals surface area contributed by atoms with E-state index in [9.17, 15) is 4.79 Å². The number of anilines is 1. The maximum Gasteiger partial charge on any atom is 2.00 e. The zero-order valence-corrected chi connectivity index (χ0v) is 18.0. The molecule has 4 rings (SSSR count). The number of para-hydroxylation sites is 1. The molecule has 0 aliphatic carbocycles. The number of benzene rings is 2. The number of carbonyl (C=O) groups is 1. The third-order valence-corrected chi connectivity index (χ3v) is 4.12. The second-order valence-electron chi connectivity index (χ2n) is 5.87. The van der Waals surface area contributed by atoms with Gasteiger partial charge in [-0.25, -0.2) is 4.98 Å². The fraction of sp³-hybridized carbons (Fsp3) is 0.0952. The van der Waals surface area contributed by atoms with Gasteiger partial charge in [0, 0.05) is 22.7 Å². The molecule has 0 unspecified atom stereocenters. The molecule has 0 radical (unpaired) electrons. The van der Waals surface area contributed by atoms with E-state index in [1.54, 1.807) is 12.3 Å². The number of nitrogens with zero attached hydrogens (tertiary/aromatic N) is 2. The van der Waals surface area contributed by atoms with Gasteiger partial charge in [-0.3, -0.25) is 9.78 Å². The van der Waals surface area contributed by atoms with Gasteiger partial charge in [-0.1, -0.05) is 42.5 Å². The van der Waals surface area contributed by atoms with Gasteiger partial charge in [-0.05, 0) is 37.1 Å². The van der Waals surface area contributed by atoms with Crippen LogP contribution in [0.4, 0.5) is 5.69 Å². The Hall–Kier alpha value is -2.17. The van der Waals surface area contributed by atoms with Gasteiger partial charge in [-0.2, -0.15) is 0 Å². The molecule has 2 aromatic heterocycles. The minimum Gasteiger partial charge on any atom is -1.00 e. The fourth-order valence-electron chi connectivity index (χ4n) is 2.63. The van der Waals surface area contributed by atoms with Crippen molar-refractivity contribution in [3.8, 4) is 0 Å². The minimum atomic E-state index is 0. The van der Waals surface area contributed by atoms with Gasteiger partial charge in [-0.15, -0.1) is 0 Å². The Labute approximate surface area is 187 Å². The largest absolute Gasteiger partial charge is 2.00 e. The third-order valence-electron chi connectivity index (χ3n) is 4.12. The summed E-state index contributed by atoms with van der Waals surface area (Å²) in [6.07, 6.45) is 2.48. The number of aromatic nitrogens is 2. The van der Waals surface area contributed by atoms with E-state index in [0.717, 1.165) is 44.9 Å². The van der Waals surface area contributed by atoms with E-state index in [2.05, 4.69) is 9.97 Å². The molecule has 0 atom stereocenters. The van der Waals surface area contributed by atoms with E-state index in [1.165, 1.54) is 0 Å². The summed E-state index contributed by atoms with van der Waals surface area (Å²) in [4.78, 5) is 19.3. The number of aldehydes is 1. The third kappa shape index (κ3) is 5.66. The average Bonchev–Trinajstić information content (AvgIpc) is 2.66. The Morgan fingerprint density at radius 3 is 1.96 bits per heavy atom. The van der Waals surface area contributed by atoms with E-state index in [4.69, 9.17) is 5.73 Å². The van der Waals surface area contributed by atoms with E-state index < -0.39 is 0 Å². The summed E-state index contributed by atoms with van der Waals surface area (Å²) >= 11 is 0. The van der Waals surface area contributed by atoms with Crippen LogP contribution in [0.2, 0.25) is 0 Å². The standard InChI is InChI=1S/C13H8N2O.C8H11N.2ClH.Fe/c16-8-11-6-5-10-4-3-9-2-1-7-14-12(9)13(10)15-11;1-6-4-3-5-7(2)8(6)9;;;/h1-8H;3-5H,9H2,1-2H3;2*1H;/q;;;;+2/p-2. The van der Waals surface area contributed by atoms with Gasteiger partial charge >= 0.3 is 17.1 Å². The number of aryl methyl sites for hydroxylation is 2. The van der Waals surface area contributed by atoms with Crippen LogP contribution >= 0.6 is 0 Å². The van der Waals surface area contributed by atoms with Crippen molar-refractivity contribution < 1.29 is 46.7 Å². The number of hydrogen-bond acceptors (Lipinski definition) is 4. The second kappa shape index (κ2) is 11.6. The molecule has 0 saturated heterocycles. The molecule has 4 nitrogen and oxygen atoms in total. The molecule has 0 saturated carbocycles. The first-order valence-electron chi connectivity index (χ1n) is 8.01. The molecule has 0 aliphatic heterocycles. The molecule has 2 aromatic carbocycles. The van der Waals surface area contributed by atoms with Crippen molar-refractivity contribution in [2.45, 2.75) is 13.8 Å². The van der Waals surface area contributed by atoms with Gasteiger partial charge in [0.15, 0.2) is 6.29 Å². The first-order valence-corrected chi connectivity index (χ1v) is 8.01. The summed E-state index contributed by atoms with van der Waals surface area (Å²) in [6.45, 7) is 4.03. The summed E-state index contributed by atoms with van der Waals surface area (Å²) in [5.41, 5.74) is 11.0. The Bertz CT molecular complexity index is 1050. The van der Waals surface area contributed by atoms with Crippen LogP contribution in [0.15, 0.2) is 60.8 Å². The van der Waals surface area contributed by atoms with Crippen molar-refractivity contribution in [3.63, 3.8) is 0 Å². The van der Waals surface area contributed by atoms with Crippen molar-refractivity contribution >= 4 is 33.8 Å². The van der Waals surface area contributed by atoms with E-state index in [-0.39, 0.29) is 41.9 Å². The number of hydrogen-bond donors (Lipinski definition) is 1. The molecule has 146 valence electrons. The van der Waals surface area contributed by atoms with Crippen LogP contribution in [0, 0.1) is 13.8 Å². The van der Waals surface area contributed by atoms with Gasteiger partial charge in [0.25, 0.3) is 0 Å². The quantitative estimate of drug-likeness (QED) is 0.164. The first kappa shape index (κ1) is 25.8. The maximum atomic E-state index is 10.7. The number of carbonyl (C=O) groups excluding carboxylic acids is 1. The SMILES string of the molecule is Cc1cccc(C)c1N.O=Cc1ccc2ccc3cccnc3c2n1.[Cl-].[Cl-].[Fe+2]. The first-order chi connectivity index (χ1) is 12.1. The Morgan fingerprint density at radius 1 is 0.821 bits per heavy atom. The molecule has 0 spiro atoms. The molecule has 0 fully saturated rings. The van der Waals surface area contributed by atoms with Crippen LogP contribution in [0.1, 0.15) is 21.6 Å². The van der Waals surface area contributed by atoms with Crippen molar-refractivity contribution in [2.75, 3.05) is 5.73 Å². The van der Waals surface area contributed by atoms with Gasteiger partial charge in [0.1, 0.15) is 5.69 Å². The molecule has 0 amide bonds. The predicted octanol–water partition coefficient (Wildman–Crippen LogP) is -1.51. The minimum absolute atomic E-state index is 0. The van der Waals surface area contributed by atoms with E-state index >= 15 is 0 Å². The van der Waals surface area contributed by atoms with Crippen LogP contribution in [0.5, 0.6) is 0 Å². The molecule has 4 aromatic rings. The smallest absolute Gasteiger partial charge is 1.00 e. The fourth-order valence-corrected chi connectivity index (χ4v) is 2.63. The summed E-state index contributed by atoms with van der Waals surface area (Å²) < 4.78 is 0. The molecular weight excluding hydrogens is 437 g/mol. The normalized spacial score (nSPS) is 9.21. The molecule has 2 heterocycles.